The number of hydrogen-bond donors (Lipinski definition) is 2. The van der Waals surface area contributed by atoms with Crippen molar-refractivity contribution < 1.29 is 27.3 Å². The van der Waals surface area contributed by atoms with Crippen molar-refractivity contribution in [3.63, 3.8) is 0 Å². The lowest BCUT2D eigenvalue weighted by Crippen LogP contribution is -2.14. The topological polar surface area (TPSA) is 154 Å². The highest BCUT2D eigenvalue weighted by Crippen LogP contribution is 2.30. The van der Waals surface area contributed by atoms with Crippen LogP contribution in [0.15, 0.2) is 75.2 Å². The summed E-state index contributed by atoms with van der Waals surface area (Å²) in [5.74, 6) is -0.257. The van der Waals surface area contributed by atoms with Crippen LogP contribution in [0.1, 0.15) is 0 Å². The Bertz CT molecular complexity index is 1570. The van der Waals surface area contributed by atoms with Gasteiger partial charge in [-0.15, -0.1) is 0 Å². The molecule has 0 radical (unpaired) electrons. The minimum atomic E-state index is -3.95. The fraction of sp³-hybridized carbons (Fsp3) is 0.0909. The van der Waals surface area contributed by atoms with E-state index < -0.39 is 20.9 Å². The van der Waals surface area contributed by atoms with Crippen LogP contribution in [-0.4, -0.2) is 37.1 Å². The van der Waals surface area contributed by atoms with Crippen molar-refractivity contribution in [3.05, 3.63) is 75.8 Å². The molecule has 14 heteroatoms. The number of non-ortho nitro benzene ring substituents is 1. The number of thioether (sulfide) groups is 1. The minimum Gasteiger partial charge on any atom is -0.495 e. The van der Waals surface area contributed by atoms with Crippen molar-refractivity contribution in [2.24, 2.45) is 0 Å². The molecule has 1 heterocycles. The van der Waals surface area contributed by atoms with Gasteiger partial charge in [-0.2, -0.15) is 0 Å². The Morgan fingerprint density at radius 2 is 1.94 bits per heavy atom. The SMILES string of the molecule is COc1ccccc1NS(=O)(=O)c1ccc2oc(SCC(=O)Nc3cc([N+](=O)[O-])ccc3Cl)nc2c1. The highest BCUT2D eigenvalue weighted by molar-refractivity contribution is 7.99. The zero-order valence-corrected chi connectivity index (χ0v) is 20.8. The van der Waals surface area contributed by atoms with E-state index in [0.29, 0.717) is 11.3 Å². The number of nitrogens with zero attached hydrogens (tertiary/aromatic N) is 2. The van der Waals surface area contributed by atoms with E-state index in [1.807, 2.05) is 0 Å². The maximum atomic E-state index is 12.9. The lowest BCUT2D eigenvalue weighted by atomic mass is 10.3. The number of fused-ring (bicyclic) bond motifs is 1. The highest BCUT2D eigenvalue weighted by Gasteiger charge is 2.19. The number of methoxy groups -OCH3 is 1. The number of nitro groups is 1. The third-order valence-electron chi connectivity index (χ3n) is 4.76. The van der Waals surface area contributed by atoms with E-state index >= 15 is 0 Å². The zero-order chi connectivity index (χ0) is 25.9. The molecule has 1 aromatic heterocycles. The van der Waals surface area contributed by atoms with E-state index in [0.717, 1.165) is 17.8 Å². The summed E-state index contributed by atoms with van der Waals surface area (Å²) in [7, 11) is -2.51. The quantitative estimate of drug-likeness (QED) is 0.168. The van der Waals surface area contributed by atoms with E-state index in [1.54, 1.807) is 24.3 Å². The van der Waals surface area contributed by atoms with Gasteiger partial charge in [0.05, 0.1) is 39.1 Å². The molecular weight excluding hydrogens is 532 g/mol. The third-order valence-corrected chi connectivity index (χ3v) is 7.28. The summed E-state index contributed by atoms with van der Waals surface area (Å²) in [5, 5.41) is 13.7. The first kappa shape index (κ1) is 25.3. The fourth-order valence-corrected chi connectivity index (χ4v) is 4.98. The number of halogens is 1. The molecule has 0 fully saturated rings. The summed E-state index contributed by atoms with van der Waals surface area (Å²) < 4.78 is 39.0. The number of carbonyl (C=O) groups excluding carboxylic acids is 1. The number of hydrogen-bond acceptors (Lipinski definition) is 9. The smallest absolute Gasteiger partial charge is 0.271 e. The van der Waals surface area contributed by atoms with Gasteiger partial charge in [0.25, 0.3) is 20.9 Å². The molecule has 0 aliphatic rings. The van der Waals surface area contributed by atoms with Crippen molar-refractivity contribution in [1.82, 2.24) is 4.98 Å². The van der Waals surface area contributed by atoms with Crippen molar-refractivity contribution in [1.29, 1.82) is 0 Å². The van der Waals surface area contributed by atoms with E-state index in [2.05, 4.69) is 15.0 Å². The van der Waals surface area contributed by atoms with Crippen LogP contribution in [0.25, 0.3) is 11.1 Å². The van der Waals surface area contributed by atoms with Crippen LogP contribution in [0.3, 0.4) is 0 Å². The molecule has 0 aliphatic carbocycles. The number of aromatic nitrogens is 1. The van der Waals surface area contributed by atoms with E-state index in [4.69, 9.17) is 20.8 Å². The number of nitrogens with one attached hydrogen (secondary N) is 2. The molecule has 11 nitrogen and oxygen atoms in total. The van der Waals surface area contributed by atoms with Crippen LogP contribution in [0.5, 0.6) is 5.75 Å². The summed E-state index contributed by atoms with van der Waals surface area (Å²) in [6.45, 7) is 0. The first-order valence-electron chi connectivity index (χ1n) is 10.1. The molecule has 0 atom stereocenters. The Balaban J connectivity index is 1.45. The number of ether oxygens (including phenoxy) is 1. The monoisotopic (exact) mass is 548 g/mol. The second-order valence-electron chi connectivity index (χ2n) is 7.17. The molecule has 2 N–H and O–H groups in total. The summed E-state index contributed by atoms with van der Waals surface area (Å²) in [6, 6.07) is 14.5. The number of oxazole rings is 1. The summed E-state index contributed by atoms with van der Waals surface area (Å²) >= 11 is 6.96. The predicted molar refractivity (Wildman–Crippen MR) is 135 cm³/mol. The van der Waals surface area contributed by atoms with Gasteiger partial charge in [-0.1, -0.05) is 35.5 Å². The summed E-state index contributed by atoms with van der Waals surface area (Å²) in [4.78, 5) is 26.9. The molecular formula is C22H17ClN4O7S2. The lowest BCUT2D eigenvalue weighted by molar-refractivity contribution is -0.384. The Hall–Kier alpha value is -3.81. The van der Waals surface area contributed by atoms with Gasteiger partial charge in [0.15, 0.2) is 5.58 Å². The van der Waals surface area contributed by atoms with Crippen LogP contribution in [0, 0.1) is 10.1 Å². The number of carbonyl (C=O) groups is 1. The van der Waals surface area contributed by atoms with Crippen LogP contribution < -0.4 is 14.8 Å². The van der Waals surface area contributed by atoms with Crippen molar-refractivity contribution in [3.8, 4) is 5.75 Å². The van der Waals surface area contributed by atoms with Gasteiger partial charge in [-0.05, 0) is 36.4 Å². The second kappa shape index (κ2) is 10.4. The number of sulfonamides is 1. The highest BCUT2D eigenvalue weighted by atomic mass is 35.5. The first-order chi connectivity index (χ1) is 17.2. The van der Waals surface area contributed by atoms with E-state index in [1.165, 1.54) is 37.4 Å². The average Bonchev–Trinajstić information content (AvgIpc) is 3.26. The van der Waals surface area contributed by atoms with E-state index in [9.17, 15) is 23.3 Å². The second-order valence-corrected chi connectivity index (χ2v) is 10.2. The van der Waals surface area contributed by atoms with Gasteiger partial charge >= 0.3 is 0 Å². The van der Waals surface area contributed by atoms with Gasteiger partial charge in [0.1, 0.15) is 11.3 Å². The molecule has 4 rings (SSSR count). The van der Waals surface area contributed by atoms with Crippen LogP contribution in [-0.2, 0) is 14.8 Å². The Morgan fingerprint density at radius 1 is 1.17 bits per heavy atom. The van der Waals surface area contributed by atoms with Crippen molar-refractivity contribution >= 4 is 67.5 Å². The zero-order valence-electron chi connectivity index (χ0n) is 18.4. The molecule has 0 saturated heterocycles. The molecule has 0 saturated carbocycles. The first-order valence-corrected chi connectivity index (χ1v) is 12.9. The van der Waals surface area contributed by atoms with E-state index in [-0.39, 0.29) is 43.5 Å². The number of benzene rings is 3. The standard InChI is InChI=1S/C22H17ClN4O7S2/c1-33-19-5-3-2-4-16(19)26-36(31,32)14-7-9-20-18(11-14)25-22(34-20)35-12-21(28)24-17-10-13(27(29)30)6-8-15(17)23/h2-11,26H,12H2,1H3,(H,24,28). The minimum absolute atomic E-state index is 0.0381. The Kier molecular flexibility index (Phi) is 7.33. The maximum absolute atomic E-state index is 12.9. The maximum Gasteiger partial charge on any atom is 0.271 e. The number of amides is 1. The molecule has 3 aromatic carbocycles. The number of para-hydroxylation sites is 2. The van der Waals surface area contributed by atoms with Gasteiger partial charge in [-0.3, -0.25) is 19.6 Å². The van der Waals surface area contributed by atoms with Gasteiger partial charge in [-0.25, -0.2) is 13.4 Å². The Morgan fingerprint density at radius 3 is 2.69 bits per heavy atom. The molecule has 1 amide bonds. The molecule has 0 aliphatic heterocycles. The van der Waals surface area contributed by atoms with Crippen LogP contribution >= 0.6 is 23.4 Å². The summed E-state index contributed by atoms with van der Waals surface area (Å²) in [5.41, 5.74) is 0.781. The molecule has 0 unspecified atom stereocenters. The van der Waals surface area contributed by atoms with Crippen LogP contribution in [0.2, 0.25) is 5.02 Å². The summed E-state index contributed by atoms with van der Waals surface area (Å²) in [6.07, 6.45) is 0. The van der Waals surface area contributed by atoms with Gasteiger partial charge in [0, 0.05) is 12.1 Å². The average molecular weight is 549 g/mol. The largest absolute Gasteiger partial charge is 0.495 e. The third kappa shape index (κ3) is 5.70. The predicted octanol–water partition coefficient (Wildman–Crippen LogP) is 4.93. The number of nitro benzene ring substituents is 1. The van der Waals surface area contributed by atoms with Crippen LogP contribution in [0.4, 0.5) is 17.1 Å². The lowest BCUT2D eigenvalue weighted by Gasteiger charge is -2.11. The Labute approximate surface area is 214 Å². The fourth-order valence-electron chi connectivity index (χ4n) is 3.08. The normalized spacial score (nSPS) is 11.3. The molecule has 36 heavy (non-hydrogen) atoms. The molecule has 186 valence electrons. The van der Waals surface area contributed by atoms with Gasteiger partial charge in [0.2, 0.25) is 5.91 Å². The van der Waals surface area contributed by atoms with Crippen molar-refractivity contribution in [2.45, 2.75) is 10.1 Å². The molecule has 0 bridgehead atoms. The molecule has 4 aromatic rings. The number of rotatable bonds is 9. The molecule has 0 spiro atoms. The van der Waals surface area contributed by atoms with Gasteiger partial charge < -0.3 is 14.5 Å². The number of anilines is 2. The van der Waals surface area contributed by atoms with Crippen molar-refractivity contribution in [2.75, 3.05) is 22.9 Å².